The van der Waals surface area contributed by atoms with Gasteiger partial charge >= 0.3 is 0 Å². The van der Waals surface area contributed by atoms with Crippen LogP contribution in [0.1, 0.15) is 16.6 Å². The molecule has 2 aromatic heterocycles. The van der Waals surface area contributed by atoms with Crippen molar-refractivity contribution in [1.82, 2.24) is 25.0 Å². The van der Waals surface area contributed by atoms with Crippen LogP contribution in [0.15, 0.2) is 41.8 Å². The molecule has 0 bridgehead atoms. The number of anilines is 1. The van der Waals surface area contributed by atoms with Crippen LogP contribution in [0.3, 0.4) is 0 Å². The van der Waals surface area contributed by atoms with Gasteiger partial charge in [-0.25, -0.2) is 9.97 Å². The first kappa shape index (κ1) is 18.7. The lowest BCUT2D eigenvalue weighted by molar-refractivity contribution is -0.0558. The lowest BCUT2D eigenvalue weighted by atomic mass is 10.1. The number of azide groups is 1. The van der Waals surface area contributed by atoms with Gasteiger partial charge in [0.2, 0.25) is 0 Å². The zero-order valence-corrected chi connectivity index (χ0v) is 14.8. The number of ether oxygens (including phenoxy) is 1. The molecule has 0 radical (unpaired) electrons. The molecule has 0 saturated carbocycles. The molecule has 4 atom stereocenters. The highest BCUT2D eigenvalue weighted by atomic mass is 16.5. The fraction of sp³-hybridized carbons (Fsp3) is 0.312. The predicted molar refractivity (Wildman–Crippen MR) is 97.4 cm³/mol. The average Bonchev–Trinajstić information content (AvgIpc) is 3.31. The van der Waals surface area contributed by atoms with Gasteiger partial charge in [-0.3, -0.25) is 4.79 Å². The molecule has 29 heavy (non-hydrogen) atoms. The number of nitrogens with one attached hydrogen (secondary N) is 1. The second-order valence-electron chi connectivity index (χ2n) is 6.18. The number of benzene rings is 1. The monoisotopic (exact) mass is 397 g/mol. The van der Waals surface area contributed by atoms with Crippen LogP contribution in [-0.2, 0) is 4.74 Å². The van der Waals surface area contributed by atoms with Crippen LogP contribution < -0.4 is 5.32 Å². The Hall–Kier alpha value is -3.64. The number of amides is 1. The van der Waals surface area contributed by atoms with E-state index >= 15 is 0 Å². The Balaban J connectivity index is 1.66. The first-order valence-corrected chi connectivity index (χ1v) is 8.55. The maximum Gasteiger partial charge on any atom is 0.256 e. The van der Waals surface area contributed by atoms with Gasteiger partial charge in [0.05, 0.1) is 18.8 Å². The smallest absolute Gasteiger partial charge is 0.256 e. The summed E-state index contributed by atoms with van der Waals surface area (Å²) in [7, 11) is 0. The van der Waals surface area contributed by atoms with Crippen LogP contribution in [0.4, 0.5) is 5.82 Å². The summed E-state index contributed by atoms with van der Waals surface area (Å²) in [5.74, 6) is -0.256. The van der Waals surface area contributed by atoms with Crippen LogP contribution in [0.2, 0.25) is 0 Å². The molecule has 1 amide bonds. The van der Waals surface area contributed by atoms with Crippen molar-refractivity contribution in [2.24, 2.45) is 5.11 Å². The normalized spacial score (nSPS) is 23.7. The summed E-state index contributed by atoms with van der Waals surface area (Å²) in [5, 5.41) is 34.0. The zero-order valence-electron chi connectivity index (χ0n) is 14.8. The third kappa shape index (κ3) is 3.34. The largest absolute Gasteiger partial charge is 0.394 e. The number of hydrogen-bond donors (Lipinski definition) is 3. The molecule has 0 aliphatic carbocycles. The van der Waals surface area contributed by atoms with Crippen molar-refractivity contribution >= 4 is 22.9 Å². The number of hydrogen-bond acceptors (Lipinski definition) is 9. The van der Waals surface area contributed by atoms with Gasteiger partial charge in [-0.15, -0.1) is 5.10 Å². The lowest BCUT2D eigenvalue weighted by Crippen LogP contribution is -2.31. The standard InChI is InChI=1S/C16H15N9O4/c17-23-21-10-9(6-26)29-16(12(10)27)25-14-11(22-24-25)13(18-7-19-14)20-15(28)8-4-2-1-3-5-8/h1-5,7,9-10,12,16,26-27H,6H2,(H,18,19,20,28)/t9-,10-,12-,16-/m1/s1. The van der Waals surface area contributed by atoms with Crippen molar-refractivity contribution in [3.8, 4) is 0 Å². The SMILES string of the molecule is [N-]=[N+]=N[C@H]1[C@@H](O)[C@H](n2nnc3c(NC(=O)c4ccccc4)ncnc32)O[C@@H]1CO. The Morgan fingerprint density at radius 2 is 2.14 bits per heavy atom. The molecule has 1 aromatic carbocycles. The molecule has 3 heterocycles. The summed E-state index contributed by atoms with van der Waals surface area (Å²) in [6, 6.07) is 7.56. The highest BCUT2D eigenvalue weighted by Gasteiger charge is 2.45. The van der Waals surface area contributed by atoms with Gasteiger partial charge in [0.25, 0.3) is 5.91 Å². The summed E-state index contributed by atoms with van der Waals surface area (Å²) >= 11 is 0. The molecule has 0 unspecified atom stereocenters. The third-order valence-electron chi connectivity index (χ3n) is 4.47. The number of aromatic nitrogens is 5. The van der Waals surface area contributed by atoms with Crippen molar-refractivity contribution in [3.63, 3.8) is 0 Å². The number of rotatable bonds is 5. The number of carbonyl (C=O) groups is 1. The molecule has 0 spiro atoms. The van der Waals surface area contributed by atoms with E-state index in [1.807, 2.05) is 0 Å². The number of carbonyl (C=O) groups excluding carboxylic acids is 1. The molecular formula is C16H15N9O4. The molecule has 13 heteroatoms. The summed E-state index contributed by atoms with van der Waals surface area (Å²) in [6.07, 6.45) is -2.09. The summed E-state index contributed by atoms with van der Waals surface area (Å²) in [6.45, 7) is -0.461. The highest BCUT2D eigenvalue weighted by molar-refractivity contribution is 6.06. The molecule has 1 saturated heterocycles. The highest BCUT2D eigenvalue weighted by Crippen LogP contribution is 2.33. The van der Waals surface area contributed by atoms with E-state index in [0.29, 0.717) is 5.56 Å². The second-order valence-corrected chi connectivity index (χ2v) is 6.18. The summed E-state index contributed by atoms with van der Waals surface area (Å²) in [4.78, 5) is 23.2. The Labute approximate surface area is 162 Å². The summed E-state index contributed by atoms with van der Waals surface area (Å²) < 4.78 is 6.77. The molecule has 3 aromatic rings. The molecular weight excluding hydrogens is 382 g/mol. The number of fused-ring (bicyclic) bond motifs is 1. The number of aliphatic hydroxyl groups excluding tert-OH is 2. The fourth-order valence-electron chi connectivity index (χ4n) is 3.08. The lowest BCUT2D eigenvalue weighted by Gasteiger charge is -2.15. The third-order valence-corrected chi connectivity index (χ3v) is 4.47. The van der Waals surface area contributed by atoms with Gasteiger partial charge in [0, 0.05) is 10.5 Å². The Morgan fingerprint density at radius 3 is 2.86 bits per heavy atom. The van der Waals surface area contributed by atoms with Gasteiger partial charge in [0.15, 0.2) is 23.2 Å². The minimum absolute atomic E-state index is 0.132. The van der Waals surface area contributed by atoms with Gasteiger partial charge in [-0.1, -0.05) is 28.5 Å². The van der Waals surface area contributed by atoms with Crippen LogP contribution >= 0.6 is 0 Å². The number of aliphatic hydroxyl groups is 2. The van der Waals surface area contributed by atoms with Crippen molar-refractivity contribution in [3.05, 3.63) is 52.7 Å². The predicted octanol–water partition coefficient (Wildman–Crippen LogP) is 0.403. The fourth-order valence-corrected chi connectivity index (χ4v) is 3.08. The van der Waals surface area contributed by atoms with E-state index in [2.05, 4.69) is 35.6 Å². The van der Waals surface area contributed by atoms with Crippen molar-refractivity contribution < 1.29 is 19.7 Å². The zero-order chi connectivity index (χ0) is 20.4. The minimum atomic E-state index is -1.29. The topological polar surface area (TPSA) is 184 Å². The van der Waals surface area contributed by atoms with E-state index in [0.717, 1.165) is 0 Å². The van der Waals surface area contributed by atoms with E-state index in [1.54, 1.807) is 30.3 Å². The van der Waals surface area contributed by atoms with E-state index < -0.39 is 31.1 Å². The second kappa shape index (κ2) is 7.77. The maximum atomic E-state index is 12.4. The molecule has 13 nitrogen and oxygen atoms in total. The van der Waals surface area contributed by atoms with Crippen LogP contribution in [-0.4, -0.2) is 65.9 Å². The minimum Gasteiger partial charge on any atom is -0.394 e. The summed E-state index contributed by atoms with van der Waals surface area (Å²) in [5.41, 5.74) is 9.48. The number of nitrogens with zero attached hydrogens (tertiary/aromatic N) is 8. The average molecular weight is 397 g/mol. The first-order valence-electron chi connectivity index (χ1n) is 8.55. The van der Waals surface area contributed by atoms with Crippen molar-refractivity contribution in [1.29, 1.82) is 0 Å². The molecule has 1 aliphatic rings. The molecule has 4 rings (SSSR count). The Kier molecular flexibility index (Phi) is 5.01. The van der Waals surface area contributed by atoms with Crippen molar-refractivity contribution in [2.75, 3.05) is 11.9 Å². The van der Waals surface area contributed by atoms with Gasteiger partial charge in [0.1, 0.15) is 12.4 Å². The maximum absolute atomic E-state index is 12.4. The van der Waals surface area contributed by atoms with Crippen molar-refractivity contribution in [2.45, 2.75) is 24.5 Å². The van der Waals surface area contributed by atoms with E-state index in [4.69, 9.17) is 10.3 Å². The molecule has 1 aliphatic heterocycles. The molecule has 148 valence electrons. The Bertz CT molecular complexity index is 1080. The van der Waals surface area contributed by atoms with Gasteiger partial charge in [-0.05, 0) is 17.7 Å². The van der Waals surface area contributed by atoms with Gasteiger partial charge in [-0.2, -0.15) is 4.68 Å². The first-order chi connectivity index (χ1) is 14.1. The molecule has 3 N–H and O–H groups in total. The van der Waals surface area contributed by atoms with Crippen LogP contribution in [0.5, 0.6) is 0 Å². The van der Waals surface area contributed by atoms with E-state index in [-0.39, 0.29) is 22.9 Å². The quantitative estimate of drug-likeness (QED) is 0.314. The Morgan fingerprint density at radius 1 is 1.34 bits per heavy atom. The van der Waals surface area contributed by atoms with E-state index in [9.17, 15) is 15.0 Å². The van der Waals surface area contributed by atoms with E-state index in [1.165, 1.54) is 11.0 Å². The van der Waals surface area contributed by atoms with Gasteiger partial charge < -0.3 is 20.3 Å². The molecule has 1 fully saturated rings. The van der Waals surface area contributed by atoms with Crippen LogP contribution in [0, 0.1) is 0 Å². The van der Waals surface area contributed by atoms with Crippen LogP contribution in [0.25, 0.3) is 21.6 Å².